The van der Waals surface area contributed by atoms with E-state index in [9.17, 15) is 0 Å². The third-order valence-electron chi connectivity index (χ3n) is 4.02. The van der Waals surface area contributed by atoms with Crippen molar-refractivity contribution < 1.29 is 0 Å². The van der Waals surface area contributed by atoms with E-state index in [1.54, 1.807) is 0 Å². The monoisotopic (exact) mass is 199 g/mol. The Balaban J connectivity index is 2.77. The van der Waals surface area contributed by atoms with Crippen molar-refractivity contribution >= 4 is 0 Å². The lowest BCUT2D eigenvalue weighted by Crippen LogP contribution is -2.60. The molecule has 0 aromatic rings. The van der Waals surface area contributed by atoms with Crippen molar-refractivity contribution in [3.8, 4) is 0 Å². The molecule has 0 aromatic heterocycles. The smallest absolute Gasteiger partial charge is 0.0368 e. The Morgan fingerprint density at radius 2 is 1.79 bits per heavy atom. The second kappa shape index (κ2) is 5.10. The molecular weight excluding hydrogens is 174 g/mol. The molecule has 1 heterocycles. The van der Waals surface area contributed by atoms with Gasteiger partial charge < -0.3 is 0 Å². The highest BCUT2D eigenvalue weighted by Gasteiger charge is 2.39. The summed E-state index contributed by atoms with van der Waals surface area (Å²) in [7, 11) is 0. The van der Waals surface area contributed by atoms with Crippen LogP contribution in [0.4, 0.5) is 0 Å². The third-order valence-corrected chi connectivity index (χ3v) is 4.02. The van der Waals surface area contributed by atoms with Crippen molar-refractivity contribution in [3.63, 3.8) is 0 Å². The average molecular weight is 199 g/mol. The average Bonchev–Trinajstić information content (AvgIpc) is 2.74. The van der Waals surface area contributed by atoms with Crippen LogP contribution in [0.5, 0.6) is 0 Å². The number of nitrogens with two attached hydrogens (primary N) is 1. The molecule has 3 nitrogen and oxygen atoms in total. The Labute approximate surface area is 88.0 Å². The van der Waals surface area contributed by atoms with Crippen LogP contribution >= 0.6 is 0 Å². The molecule has 1 aliphatic heterocycles. The molecule has 14 heavy (non-hydrogen) atoms. The summed E-state index contributed by atoms with van der Waals surface area (Å²) in [5.74, 6) is 5.60. The number of rotatable bonds is 5. The van der Waals surface area contributed by atoms with Crippen molar-refractivity contribution in [2.75, 3.05) is 13.1 Å². The fraction of sp³-hybridized carbons (Fsp3) is 1.00. The summed E-state index contributed by atoms with van der Waals surface area (Å²) < 4.78 is 0. The predicted molar refractivity (Wildman–Crippen MR) is 60.9 cm³/mol. The maximum Gasteiger partial charge on any atom is 0.0368 e. The lowest BCUT2D eigenvalue weighted by molar-refractivity contribution is 0.0690. The Kier molecular flexibility index (Phi) is 4.35. The molecule has 1 aliphatic rings. The van der Waals surface area contributed by atoms with Crippen LogP contribution in [-0.4, -0.2) is 29.6 Å². The molecule has 84 valence electrons. The van der Waals surface area contributed by atoms with Gasteiger partial charge in [-0.3, -0.25) is 16.2 Å². The van der Waals surface area contributed by atoms with Crippen LogP contribution in [0.2, 0.25) is 0 Å². The van der Waals surface area contributed by atoms with Gasteiger partial charge in [0.2, 0.25) is 0 Å². The van der Waals surface area contributed by atoms with E-state index in [1.165, 1.54) is 38.8 Å². The van der Waals surface area contributed by atoms with Crippen molar-refractivity contribution in [2.45, 2.75) is 58.0 Å². The summed E-state index contributed by atoms with van der Waals surface area (Å²) in [5.41, 5.74) is 3.21. The van der Waals surface area contributed by atoms with E-state index in [0.29, 0.717) is 6.04 Å². The van der Waals surface area contributed by atoms with Gasteiger partial charge in [-0.2, -0.15) is 0 Å². The quantitative estimate of drug-likeness (QED) is 0.521. The fourth-order valence-corrected chi connectivity index (χ4v) is 2.90. The third kappa shape index (κ3) is 1.95. The van der Waals surface area contributed by atoms with Crippen molar-refractivity contribution in [1.29, 1.82) is 0 Å². The summed E-state index contributed by atoms with van der Waals surface area (Å²) >= 11 is 0. The molecule has 0 saturated carbocycles. The molecule has 0 aromatic carbocycles. The van der Waals surface area contributed by atoms with Gasteiger partial charge >= 0.3 is 0 Å². The van der Waals surface area contributed by atoms with Crippen LogP contribution in [0.1, 0.15) is 46.5 Å². The molecule has 1 saturated heterocycles. The number of hydrogen-bond donors (Lipinski definition) is 2. The fourth-order valence-electron chi connectivity index (χ4n) is 2.90. The molecule has 0 aliphatic carbocycles. The van der Waals surface area contributed by atoms with Gasteiger partial charge in [0.25, 0.3) is 0 Å². The van der Waals surface area contributed by atoms with Gasteiger partial charge in [0.15, 0.2) is 0 Å². The van der Waals surface area contributed by atoms with E-state index in [1.807, 2.05) is 0 Å². The zero-order valence-corrected chi connectivity index (χ0v) is 9.84. The number of hydrazine groups is 1. The van der Waals surface area contributed by atoms with Crippen molar-refractivity contribution in [2.24, 2.45) is 5.84 Å². The van der Waals surface area contributed by atoms with Crippen LogP contribution in [0, 0.1) is 0 Å². The van der Waals surface area contributed by atoms with Gasteiger partial charge in [0.1, 0.15) is 0 Å². The summed E-state index contributed by atoms with van der Waals surface area (Å²) in [6, 6.07) is 0.371. The van der Waals surface area contributed by atoms with E-state index in [0.717, 1.165) is 0 Å². The molecule has 1 rings (SSSR count). The van der Waals surface area contributed by atoms with Crippen molar-refractivity contribution in [1.82, 2.24) is 10.3 Å². The van der Waals surface area contributed by atoms with Gasteiger partial charge in [-0.1, -0.05) is 13.8 Å². The molecule has 1 fully saturated rings. The van der Waals surface area contributed by atoms with E-state index in [-0.39, 0.29) is 5.54 Å². The minimum Gasteiger partial charge on any atom is -0.296 e. The highest BCUT2D eigenvalue weighted by atomic mass is 15.3. The number of hydrogen-bond acceptors (Lipinski definition) is 3. The number of nitrogens with zero attached hydrogens (tertiary/aromatic N) is 1. The lowest BCUT2D eigenvalue weighted by Gasteiger charge is -2.45. The maximum absolute atomic E-state index is 5.60. The molecule has 1 unspecified atom stereocenters. The zero-order valence-electron chi connectivity index (χ0n) is 9.84. The SMILES string of the molecule is CCC(CC)(C(C)NN)N1CCCC1. The topological polar surface area (TPSA) is 41.3 Å². The summed E-state index contributed by atoms with van der Waals surface area (Å²) in [5, 5.41) is 0. The van der Waals surface area contributed by atoms with Gasteiger partial charge in [-0.15, -0.1) is 0 Å². The summed E-state index contributed by atoms with van der Waals surface area (Å²) in [6.07, 6.45) is 5.04. The molecule has 0 spiro atoms. The second-order valence-corrected chi connectivity index (χ2v) is 4.39. The summed E-state index contributed by atoms with van der Waals surface area (Å²) in [4.78, 5) is 2.62. The first kappa shape index (κ1) is 12.0. The number of nitrogens with one attached hydrogen (secondary N) is 1. The van der Waals surface area contributed by atoms with Crippen LogP contribution < -0.4 is 11.3 Å². The normalized spacial score (nSPS) is 21.4. The largest absolute Gasteiger partial charge is 0.296 e. The molecular formula is C11H25N3. The minimum absolute atomic E-state index is 0.269. The highest BCUT2D eigenvalue weighted by Crippen LogP contribution is 2.30. The zero-order chi connectivity index (χ0) is 10.6. The molecule has 3 N–H and O–H groups in total. The number of likely N-dealkylation sites (tertiary alicyclic amines) is 1. The van der Waals surface area contributed by atoms with E-state index >= 15 is 0 Å². The molecule has 0 bridgehead atoms. The van der Waals surface area contributed by atoms with E-state index in [2.05, 4.69) is 31.1 Å². The van der Waals surface area contributed by atoms with Gasteiger partial charge in [0, 0.05) is 11.6 Å². The highest BCUT2D eigenvalue weighted by molar-refractivity contribution is 4.97. The van der Waals surface area contributed by atoms with E-state index in [4.69, 9.17) is 5.84 Å². The minimum atomic E-state index is 0.269. The van der Waals surface area contributed by atoms with Crippen LogP contribution in [0.25, 0.3) is 0 Å². The molecule has 0 amide bonds. The van der Waals surface area contributed by atoms with Gasteiger partial charge in [0.05, 0.1) is 0 Å². The van der Waals surface area contributed by atoms with Gasteiger partial charge in [-0.05, 0) is 45.7 Å². The summed E-state index contributed by atoms with van der Waals surface area (Å²) in [6.45, 7) is 9.23. The Bertz CT molecular complexity index is 160. The first-order chi connectivity index (χ1) is 6.71. The predicted octanol–water partition coefficient (Wildman–Crippen LogP) is 1.49. The maximum atomic E-state index is 5.60. The van der Waals surface area contributed by atoms with Crippen LogP contribution in [-0.2, 0) is 0 Å². The first-order valence-corrected chi connectivity index (χ1v) is 5.92. The molecule has 3 heteroatoms. The Hall–Kier alpha value is -0.120. The molecule has 0 radical (unpaired) electrons. The van der Waals surface area contributed by atoms with Crippen LogP contribution in [0.3, 0.4) is 0 Å². The standard InChI is InChI=1S/C11H25N3/c1-4-11(5-2,10(3)13-12)14-8-6-7-9-14/h10,13H,4-9,12H2,1-3H3. The van der Waals surface area contributed by atoms with Crippen LogP contribution in [0.15, 0.2) is 0 Å². The van der Waals surface area contributed by atoms with Gasteiger partial charge in [-0.25, -0.2) is 0 Å². The van der Waals surface area contributed by atoms with Crippen molar-refractivity contribution in [3.05, 3.63) is 0 Å². The Morgan fingerprint density at radius 1 is 1.29 bits per heavy atom. The lowest BCUT2D eigenvalue weighted by atomic mass is 9.84. The first-order valence-electron chi connectivity index (χ1n) is 5.92. The molecule has 1 atom stereocenters. The van der Waals surface area contributed by atoms with E-state index < -0.39 is 0 Å². The Morgan fingerprint density at radius 3 is 2.14 bits per heavy atom. The second-order valence-electron chi connectivity index (χ2n) is 4.39.